The largest absolute Gasteiger partial charge is 0.351 e. The fourth-order valence-corrected chi connectivity index (χ4v) is 4.20. The van der Waals surface area contributed by atoms with Crippen molar-refractivity contribution >= 4 is 5.91 Å². The van der Waals surface area contributed by atoms with Crippen molar-refractivity contribution in [2.24, 2.45) is 0 Å². The van der Waals surface area contributed by atoms with Gasteiger partial charge in [-0.25, -0.2) is 0 Å². The van der Waals surface area contributed by atoms with E-state index in [1.54, 1.807) is 0 Å². The first-order valence-electron chi connectivity index (χ1n) is 13.1. The lowest BCUT2D eigenvalue weighted by atomic mass is 10.0. The van der Waals surface area contributed by atoms with Gasteiger partial charge in [0.1, 0.15) is 0 Å². The summed E-state index contributed by atoms with van der Waals surface area (Å²) in [5.41, 5.74) is 1.23. The zero-order chi connectivity index (χ0) is 22.8. The zero-order valence-corrected chi connectivity index (χ0v) is 21.1. The molecule has 0 aromatic heterocycles. The monoisotopic (exact) mass is 431 g/mol. The molecule has 3 nitrogen and oxygen atoms in total. The van der Waals surface area contributed by atoms with Crippen LogP contribution in [0.5, 0.6) is 0 Å². The standard InChI is InChI=1S/C28H50N2O/c1-5-6-7-8-9-10-11-12-13-14-15-16-17-21-24-29-28(31)27(30(2,3)4)25-26-22-19-18-20-23-26/h18-20,22-23,27H,5-17,21,24-25H2,1-4H3/p+1/t27-/m0/s1. The molecule has 0 saturated heterocycles. The lowest BCUT2D eigenvalue weighted by Gasteiger charge is -2.33. The maximum Gasteiger partial charge on any atom is 0.278 e. The molecule has 1 atom stereocenters. The molecule has 3 heteroatoms. The molecule has 1 rings (SSSR count). The van der Waals surface area contributed by atoms with Crippen molar-refractivity contribution in [2.75, 3.05) is 27.7 Å². The van der Waals surface area contributed by atoms with Crippen molar-refractivity contribution in [2.45, 2.75) is 109 Å². The summed E-state index contributed by atoms with van der Waals surface area (Å²) in [5.74, 6) is 0.186. The molecule has 1 aromatic carbocycles. The molecule has 0 radical (unpaired) electrons. The van der Waals surface area contributed by atoms with Crippen molar-refractivity contribution < 1.29 is 9.28 Å². The van der Waals surface area contributed by atoms with Gasteiger partial charge in [0, 0.05) is 13.0 Å². The summed E-state index contributed by atoms with van der Waals surface area (Å²) in [6.07, 6.45) is 19.9. The summed E-state index contributed by atoms with van der Waals surface area (Å²) in [7, 11) is 6.33. The van der Waals surface area contributed by atoms with Crippen molar-refractivity contribution in [3.05, 3.63) is 35.9 Å². The predicted molar refractivity (Wildman–Crippen MR) is 135 cm³/mol. The molecular weight excluding hydrogens is 380 g/mol. The van der Waals surface area contributed by atoms with E-state index in [9.17, 15) is 4.79 Å². The molecule has 1 aromatic rings. The number of hydrogen-bond donors (Lipinski definition) is 1. The average molecular weight is 432 g/mol. The number of carbonyl (C=O) groups is 1. The minimum absolute atomic E-state index is 0.0472. The number of nitrogens with zero attached hydrogens (tertiary/aromatic N) is 1. The van der Waals surface area contributed by atoms with Gasteiger partial charge in [-0.3, -0.25) is 4.79 Å². The summed E-state index contributed by atoms with van der Waals surface area (Å²) in [6, 6.07) is 10.3. The quantitative estimate of drug-likeness (QED) is 0.187. The number of nitrogens with one attached hydrogen (secondary N) is 1. The first kappa shape index (κ1) is 27.7. The Morgan fingerprint density at radius 1 is 0.742 bits per heavy atom. The summed E-state index contributed by atoms with van der Waals surface area (Å²) >= 11 is 0. The number of quaternary nitrogens is 1. The second kappa shape index (κ2) is 17.2. The van der Waals surface area contributed by atoms with Crippen LogP contribution in [-0.4, -0.2) is 44.1 Å². The van der Waals surface area contributed by atoms with E-state index in [-0.39, 0.29) is 11.9 Å². The summed E-state index contributed by atoms with van der Waals surface area (Å²) in [4.78, 5) is 12.8. The average Bonchev–Trinajstić information content (AvgIpc) is 2.74. The molecule has 31 heavy (non-hydrogen) atoms. The summed E-state index contributed by atoms with van der Waals surface area (Å²) in [5, 5.41) is 3.20. The molecule has 0 saturated carbocycles. The van der Waals surface area contributed by atoms with Crippen LogP contribution in [0.2, 0.25) is 0 Å². The van der Waals surface area contributed by atoms with Gasteiger partial charge in [-0.2, -0.15) is 0 Å². The van der Waals surface area contributed by atoms with Gasteiger partial charge in [0.05, 0.1) is 21.1 Å². The van der Waals surface area contributed by atoms with Gasteiger partial charge in [-0.15, -0.1) is 0 Å². The molecule has 0 spiro atoms. The number of hydrogen-bond acceptors (Lipinski definition) is 1. The topological polar surface area (TPSA) is 29.1 Å². The first-order chi connectivity index (χ1) is 14.9. The highest BCUT2D eigenvalue weighted by atomic mass is 16.2. The second-order valence-corrected chi connectivity index (χ2v) is 10.2. The van der Waals surface area contributed by atoms with Crippen LogP contribution >= 0.6 is 0 Å². The van der Waals surface area contributed by atoms with Gasteiger partial charge in [0.25, 0.3) is 5.91 Å². The lowest BCUT2D eigenvalue weighted by Crippen LogP contribution is -2.55. The Morgan fingerprint density at radius 3 is 1.65 bits per heavy atom. The molecule has 0 aliphatic rings. The minimum atomic E-state index is -0.0472. The Morgan fingerprint density at radius 2 is 1.19 bits per heavy atom. The van der Waals surface area contributed by atoms with Gasteiger partial charge in [-0.1, -0.05) is 121 Å². The van der Waals surface area contributed by atoms with E-state index < -0.39 is 0 Å². The van der Waals surface area contributed by atoms with Crippen molar-refractivity contribution in [3.63, 3.8) is 0 Å². The highest BCUT2D eigenvalue weighted by molar-refractivity contribution is 5.80. The normalized spacial score (nSPS) is 12.6. The van der Waals surface area contributed by atoms with E-state index in [0.717, 1.165) is 19.4 Å². The summed E-state index contributed by atoms with van der Waals surface area (Å²) in [6.45, 7) is 3.09. The first-order valence-corrected chi connectivity index (χ1v) is 13.1. The van der Waals surface area contributed by atoms with Crippen LogP contribution in [0.15, 0.2) is 30.3 Å². The highest BCUT2D eigenvalue weighted by Gasteiger charge is 2.31. The van der Waals surface area contributed by atoms with E-state index in [2.05, 4.69) is 57.6 Å². The maximum absolute atomic E-state index is 12.8. The third kappa shape index (κ3) is 14.4. The zero-order valence-electron chi connectivity index (χ0n) is 21.1. The van der Waals surface area contributed by atoms with E-state index in [1.807, 2.05) is 6.07 Å². The number of unbranched alkanes of at least 4 members (excludes halogenated alkanes) is 13. The van der Waals surface area contributed by atoms with Gasteiger partial charge in [0.15, 0.2) is 6.04 Å². The maximum atomic E-state index is 12.8. The Kier molecular flexibility index (Phi) is 15.4. The van der Waals surface area contributed by atoms with Crippen LogP contribution < -0.4 is 5.32 Å². The second-order valence-electron chi connectivity index (χ2n) is 10.2. The highest BCUT2D eigenvalue weighted by Crippen LogP contribution is 2.14. The SMILES string of the molecule is CCCCCCCCCCCCCCCCNC(=O)[C@H](Cc1ccccc1)[N+](C)(C)C. The number of carbonyl (C=O) groups excluding carboxylic acids is 1. The Balaban J connectivity index is 2.04. The fraction of sp³-hybridized carbons (Fsp3) is 0.750. The molecule has 178 valence electrons. The molecule has 0 aliphatic heterocycles. The van der Waals surface area contributed by atoms with Crippen LogP contribution in [0.4, 0.5) is 0 Å². The Hall–Kier alpha value is -1.35. The van der Waals surface area contributed by atoms with Crippen molar-refractivity contribution in [3.8, 4) is 0 Å². The van der Waals surface area contributed by atoms with Crippen LogP contribution in [-0.2, 0) is 11.2 Å². The smallest absolute Gasteiger partial charge is 0.278 e. The van der Waals surface area contributed by atoms with Gasteiger partial charge in [0.2, 0.25) is 0 Å². The minimum Gasteiger partial charge on any atom is -0.351 e. The molecular formula is C28H51N2O+. The molecule has 0 heterocycles. The van der Waals surface area contributed by atoms with Crippen LogP contribution in [0.3, 0.4) is 0 Å². The van der Waals surface area contributed by atoms with E-state index in [0.29, 0.717) is 4.48 Å². The van der Waals surface area contributed by atoms with Gasteiger partial charge in [-0.05, 0) is 12.0 Å². The number of amides is 1. The van der Waals surface area contributed by atoms with Crippen LogP contribution in [0, 0.1) is 0 Å². The van der Waals surface area contributed by atoms with Crippen molar-refractivity contribution in [1.29, 1.82) is 0 Å². The van der Waals surface area contributed by atoms with E-state index in [1.165, 1.54) is 89.0 Å². The van der Waals surface area contributed by atoms with Crippen LogP contribution in [0.25, 0.3) is 0 Å². The van der Waals surface area contributed by atoms with E-state index >= 15 is 0 Å². The third-order valence-corrected chi connectivity index (χ3v) is 6.34. The molecule has 0 aliphatic carbocycles. The van der Waals surface area contributed by atoms with Gasteiger partial charge < -0.3 is 9.80 Å². The van der Waals surface area contributed by atoms with Crippen LogP contribution in [0.1, 0.15) is 102 Å². The van der Waals surface area contributed by atoms with E-state index in [4.69, 9.17) is 0 Å². The summed E-state index contributed by atoms with van der Waals surface area (Å²) < 4.78 is 0.652. The molecule has 0 bridgehead atoms. The Bertz CT molecular complexity index is 550. The molecule has 0 fully saturated rings. The Labute approximate surface area is 193 Å². The molecule has 1 N–H and O–H groups in total. The fourth-order valence-electron chi connectivity index (χ4n) is 4.20. The number of likely N-dealkylation sites (N-methyl/N-ethyl adjacent to an activating group) is 1. The third-order valence-electron chi connectivity index (χ3n) is 6.34. The molecule has 1 amide bonds. The number of rotatable bonds is 19. The lowest BCUT2D eigenvalue weighted by molar-refractivity contribution is -0.886. The van der Waals surface area contributed by atoms with Gasteiger partial charge >= 0.3 is 0 Å². The number of benzene rings is 1. The predicted octanol–water partition coefficient (Wildman–Crippen LogP) is 6.90. The van der Waals surface area contributed by atoms with Crippen molar-refractivity contribution in [1.82, 2.24) is 5.32 Å². The molecule has 0 unspecified atom stereocenters.